The van der Waals surface area contributed by atoms with E-state index in [0.717, 1.165) is 52.4 Å². The van der Waals surface area contributed by atoms with Gasteiger partial charge in [-0.05, 0) is 61.7 Å². The molecule has 0 saturated carbocycles. The predicted octanol–water partition coefficient (Wildman–Crippen LogP) is 3.92. The third-order valence-corrected chi connectivity index (χ3v) is 7.08. The average Bonchev–Trinajstić information content (AvgIpc) is 3.38. The van der Waals surface area contributed by atoms with Gasteiger partial charge in [-0.1, -0.05) is 12.1 Å². The second kappa shape index (κ2) is 11.0. The monoisotopic (exact) mass is 523 g/mol. The van der Waals surface area contributed by atoms with Crippen LogP contribution < -0.4 is 10.1 Å². The van der Waals surface area contributed by atoms with Crippen molar-refractivity contribution in [3.05, 3.63) is 79.0 Å². The lowest BCUT2D eigenvalue weighted by Gasteiger charge is -2.35. The van der Waals surface area contributed by atoms with Crippen molar-refractivity contribution in [2.45, 2.75) is 31.8 Å². The molecule has 6 rings (SSSR count). The fourth-order valence-electron chi connectivity index (χ4n) is 5.15. The van der Waals surface area contributed by atoms with Gasteiger partial charge in [0, 0.05) is 23.8 Å². The summed E-state index contributed by atoms with van der Waals surface area (Å²) in [5.41, 5.74) is 3.57. The highest BCUT2D eigenvalue weighted by molar-refractivity contribution is 5.96. The van der Waals surface area contributed by atoms with Crippen LogP contribution in [0.25, 0.3) is 21.8 Å². The molecule has 1 amide bonds. The molecule has 198 valence electrons. The molecule has 5 aromatic rings. The highest BCUT2D eigenvalue weighted by Crippen LogP contribution is 2.33. The van der Waals surface area contributed by atoms with Gasteiger partial charge in [-0.15, -0.1) is 0 Å². The molecule has 1 unspecified atom stereocenters. The van der Waals surface area contributed by atoms with Crippen molar-refractivity contribution in [3.63, 3.8) is 0 Å². The van der Waals surface area contributed by atoms with Gasteiger partial charge >= 0.3 is 0 Å². The molecule has 39 heavy (non-hydrogen) atoms. The standard InChI is InChI=1S/C29H29N7O3/c37-17-27(38)35-13-4-2-7-23(35)18-39-26-9-5-8-24-28(26)29(32-19-31-24)34-21-10-11-25-20(14-21)15-33-36(25)16-22-6-1-3-12-30-22/h1,3,5-6,8-12,14-15,19,23,37H,2,4,7,13,16-18H2,(H,31,32,34). The fraction of sp³-hybridized carbons (Fsp3) is 0.276. The van der Waals surface area contributed by atoms with Crippen LogP contribution in [-0.4, -0.2) is 66.4 Å². The highest BCUT2D eigenvalue weighted by Gasteiger charge is 2.27. The Balaban J connectivity index is 1.25. The quantitative estimate of drug-likeness (QED) is 0.314. The molecule has 1 aliphatic rings. The van der Waals surface area contributed by atoms with E-state index in [1.165, 1.54) is 6.33 Å². The molecule has 0 radical (unpaired) electrons. The zero-order valence-corrected chi connectivity index (χ0v) is 21.4. The number of benzene rings is 2. The summed E-state index contributed by atoms with van der Waals surface area (Å²) in [6, 6.07) is 17.5. The van der Waals surface area contributed by atoms with E-state index in [4.69, 9.17) is 4.74 Å². The number of piperidine rings is 1. The number of nitrogens with one attached hydrogen (secondary N) is 1. The van der Waals surface area contributed by atoms with E-state index in [-0.39, 0.29) is 11.9 Å². The molecule has 2 N–H and O–H groups in total. The lowest BCUT2D eigenvalue weighted by Crippen LogP contribution is -2.47. The summed E-state index contributed by atoms with van der Waals surface area (Å²) in [7, 11) is 0. The second-order valence-corrected chi connectivity index (χ2v) is 9.60. The van der Waals surface area contributed by atoms with Crippen LogP contribution in [0, 0.1) is 0 Å². The van der Waals surface area contributed by atoms with Crippen LogP contribution in [0.15, 0.2) is 73.3 Å². The van der Waals surface area contributed by atoms with E-state index < -0.39 is 6.61 Å². The van der Waals surface area contributed by atoms with Gasteiger partial charge in [0.05, 0.1) is 40.9 Å². The maximum atomic E-state index is 12.2. The first-order chi connectivity index (χ1) is 19.2. The number of fused-ring (bicyclic) bond motifs is 2. The van der Waals surface area contributed by atoms with Gasteiger partial charge in [-0.3, -0.25) is 14.5 Å². The average molecular weight is 524 g/mol. The van der Waals surface area contributed by atoms with E-state index in [9.17, 15) is 9.90 Å². The molecule has 1 aliphatic heterocycles. The Bertz CT molecular complexity index is 1600. The fourth-order valence-corrected chi connectivity index (χ4v) is 5.15. The molecule has 1 saturated heterocycles. The van der Waals surface area contributed by atoms with Crippen LogP contribution in [0.3, 0.4) is 0 Å². The Hall–Kier alpha value is -4.57. The number of pyridine rings is 1. The Kier molecular flexibility index (Phi) is 7.01. The molecular weight excluding hydrogens is 494 g/mol. The number of hydrogen-bond donors (Lipinski definition) is 2. The van der Waals surface area contributed by atoms with Crippen molar-refractivity contribution in [1.82, 2.24) is 29.6 Å². The zero-order valence-electron chi connectivity index (χ0n) is 21.4. The molecule has 2 aromatic carbocycles. The number of rotatable bonds is 8. The van der Waals surface area contributed by atoms with E-state index in [1.54, 1.807) is 11.1 Å². The molecule has 4 heterocycles. The maximum absolute atomic E-state index is 12.2. The van der Waals surface area contributed by atoms with E-state index >= 15 is 0 Å². The van der Waals surface area contributed by atoms with Crippen LogP contribution >= 0.6 is 0 Å². The third-order valence-electron chi connectivity index (χ3n) is 7.08. The van der Waals surface area contributed by atoms with E-state index in [0.29, 0.717) is 31.3 Å². The summed E-state index contributed by atoms with van der Waals surface area (Å²) < 4.78 is 8.21. The molecule has 1 fully saturated rings. The summed E-state index contributed by atoms with van der Waals surface area (Å²) >= 11 is 0. The van der Waals surface area contributed by atoms with Crippen LogP contribution in [0.4, 0.5) is 11.5 Å². The van der Waals surface area contributed by atoms with Crippen LogP contribution in [0.1, 0.15) is 25.0 Å². The first kappa shape index (κ1) is 24.7. The molecule has 0 bridgehead atoms. The van der Waals surface area contributed by atoms with Crippen molar-refractivity contribution >= 4 is 39.2 Å². The minimum atomic E-state index is -0.487. The number of nitrogens with zero attached hydrogens (tertiary/aromatic N) is 6. The van der Waals surface area contributed by atoms with Gasteiger partial charge in [0.2, 0.25) is 5.91 Å². The number of carbonyl (C=O) groups is 1. The Labute approximate surface area is 225 Å². The molecular formula is C29H29N7O3. The summed E-state index contributed by atoms with van der Waals surface area (Å²) in [6.45, 7) is 1.08. The summed E-state index contributed by atoms with van der Waals surface area (Å²) in [5.74, 6) is 1.01. The van der Waals surface area contributed by atoms with Crippen molar-refractivity contribution in [3.8, 4) is 5.75 Å². The van der Waals surface area contributed by atoms with Gasteiger partial charge < -0.3 is 20.1 Å². The van der Waals surface area contributed by atoms with Gasteiger partial charge in [0.25, 0.3) is 0 Å². The number of carbonyl (C=O) groups excluding carboxylic acids is 1. The molecule has 3 aromatic heterocycles. The Morgan fingerprint density at radius 2 is 2.03 bits per heavy atom. The van der Waals surface area contributed by atoms with Crippen LogP contribution in [0.5, 0.6) is 5.75 Å². The Morgan fingerprint density at radius 3 is 2.90 bits per heavy atom. The Morgan fingerprint density at radius 1 is 1.08 bits per heavy atom. The van der Waals surface area contributed by atoms with Crippen molar-refractivity contribution in [1.29, 1.82) is 0 Å². The van der Waals surface area contributed by atoms with Crippen LogP contribution in [-0.2, 0) is 11.3 Å². The van der Waals surface area contributed by atoms with Gasteiger partial charge in [-0.25, -0.2) is 9.97 Å². The van der Waals surface area contributed by atoms with Crippen LogP contribution in [0.2, 0.25) is 0 Å². The van der Waals surface area contributed by atoms with E-state index in [1.807, 2.05) is 65.5 Å². The number of aliphatic hydroxyl groups excluding tert-OH is 1. The van der Waals surface area contributed by atoms with Crippen molar-refractivity contribution in [2.24, 2.45) is 0 Å². The largest absolute Gasteiger partial charge is 0.491 e. The van der Waals surface area contributed by atoms with Gasteiger partial charge in [0.1, 0.15) is 31.1 Å². The maximum Gasteiger partial charge on any atom is 0.248 e. The predicted molar refractivity (Wildman–Crippen MR) is 148 cm³/mol. The first-order valence-corrected chi connectivity index (χ1v) is 13.1. The smallest absolute Gasteiger partial charge is 0.248 e. The first-order valence-electron chi connectivity index (χ1n) is 13.1. The number of aromatic nitrogens is 5. The van der Waals surface area contributed by atoms with Gasteiger partial charge in [-0.2, -0.15) is 5.10 Å². The number of aliphatic hydroxyl groups is 1. The summed E-state index contributed by atoms with van der Waals surface area (Å²) in [5, 5.41) is 19.1. The minimum Gasteiger partial charge on any atom is -0.491 e. The molecule has 1 atom stereocenters. The number of hydrogen-bond acceptors (Lipinski definition) is 8. The number of anilines is 2. The lowest BCUT2D eigenvalue weighted by molar-refractivity contribution is -0.138. The summed E-state index contributed by atoms with van der Waals surface area (Å²) in [6.07, 6.45) is 7.96. The highest BCUT2D eigenvalue weighted by atomic mass is 16.5. The van der Waals surface area contributed by atoms with Crippen molar-refractivity contribution in [2.75, 3.05) is 25.1 Å². The third kappa shape index (κ3) is 5.23. The van der Waals surface area contributed by atoms with Gasteiger partial charge in [0.15, 0.2) is 0 Å². The molecule has 0 aliphatic carbocycles. The van der Waals surface area contributed by atoms with Crippen molar-refractivity contribution < 1.29 is 14.6 Å². The molecule has 0 spiro atoms. The molecule has 10 heteroatoms. The zero-order chi connectivity index (χ0) is 26.6. The van der Waals surface area contributed by atoms with E-state index in [2.05, 4.69) is 25.4 Å². The number of ether oxygens (including phenoxy) is 1. The SMILES string of the molecule is O=C(CO)N1CCCCC1COc1cccc2ncnc(Nc3ccc4c(cnn4Cc4ccccn4)c3)c12. The molecule has 10 nitrogen and oxygen atoms in total. The minimum absolute atomic E-state index is 0.0836. The number of likely N-dealkylation sites (tertiary alicyclic amines) is 1. The summed E-state index contributed by atoms with van der Waals surface area (Å²) in [4.78, 5) is 27.3. The normalized spacial score (nSPS) is 15.5. The second-order valence-electron chi connectivity index (χ2n) is 9.60. The topological polar surface area (TPSA) is 118 Å². The number of amides is 1. The lowest BCUT2D eigenvalue weighted by atomic mass is 10.0.